The molecule has 1 amide bonds. The number of hydrogen-bond donors (Lipinski definition) is 2. The number of sulfonamides is 1. The van der Waals surface area contributed by atoms with Crippen LogP contribution in [0.5, 0.6) is 5.75 Å². The quantitative estimate of drug-likeness (QED) is 0.686. The molecule has 0 radical (unpaired) electrons. The van der Waals surface area contributed by atoms with Gasteiger partial charge in [0.25, 0.3) is 5.91 Å². The highest BCUT2D eigenvalue weighted by Crippen LogP contribution is 2.27. The number of nitrogens with one attached hydrogen (secondary N) is 2. The van der Waals surface area contributed by atoms with Crippen LogP contribution in [0.25, 0.3) is 0 Å². The molecule has 0 heterocycles. The SMILES string of the molecule is COCc1cccc(NC(=O)c2ccc(OC)c(S(=O)(=O)NC3CCCC3)c2)c1. The van der Waals surface area contributed by atoms with Gasteiger partial charge < -0.3 is 14.8 Å². The van der Waals surface area contributed by atoms with E-state index in [0.717, 1.165) is 31.2 Å². The van der Waals surface area contributed by atoms with E-state index in [2.05, 4.69) is 10.0 Å². The van der Waals surface area contributed by atoms with Crippen molar-refractivity contribution in [2.75, 3.05) is 19.5 Å². The Balaban J connectivity index is 1.83. The van der Waals surface area contributed by atoms with Crippen LogP contribution in [0, 0.1) is 0 Å². The van der Waals surface area contributed by atoms with Gasteiger partial charge in [0.15, 0.2) is 0 Å². The van der Waals surface area contributed by atoms with Gasteiger partial charge in [-0.1, -0.05) is 25.0 Å². The van der Waals surface area contributed by atoms with Gasteiger partial charge in [-0.25, -0.2) is 13.1 Å². The Bertz CT molecular complexity index is 969. The smallest absolute Gasteiger partial charge is 0.255 e. The number of amides is 1. The number of benzene rings is 2. The number of rotatable bonds is 8. The molecule has 0 unspecified atom stereocenters. The van der Waals surface area contributed by atoms with Gasteiger partial charge in [-0.2, -0.15) is 0 Å². The number of hydrogen-bond acceptors (Lipinski definition) is 5. The summed E-state index contributed by atoms with van der Waals surface area (Å²) in [5, 5.41) is 2.80. The molecule has 2 aromatic carbocycles. The van der Waals surface area contributed by atoms with Crippen LogP contribution in [-0.2, 0) is 21.4 Å². The van der Waals surface area contributed by atoms with Crippen molar-refractivity contribution in [2.24, 2.45) is 0 Å². The monoisotopic (exact) mass is 418 g/mol. The summed E-state index contributed by atoms with van der Waals surface area (Å²) in [7, 11) is -0.792. The third-order valence-corrected chi connectivity index (χ3v) is 6.43. The highest BCUT2D eigenvalue weighted by Gasteiger charge is 2.26. The van der Waals surface area contributed by atoms with E-state index in [1.165, 1.54) is 19.2 Å². The van der Waals surface area contributed by atoms with Gasteiger partial charge in [0.2, 0.25) is 10.0 Å². The highest BCUT2D eigenvalue weighted by atomic mass is 32.2. The molecule has 2 N–H and O–H groups in total. The summed E-state index contributed by atoms with van der Waals surface area (Å²) in [5.74, 6) is -0.200. The van der Waals surface area contributed by atoms with Crippen molar-refractivity contribution >= 4 is 21.6 Å². The van der Waals surface area contributed by atoms with Crippen molar-refractivity contribution in [3.63, 3.8) is 0 Å². The maximum absolute atomic E-state index is 12.9. The fourth-order valence-corrected chi connectivity index (χ4v) is 4.96. The summed E-state index contributed by atoms with van der Waals surface area (Å²) in [6.45, 7) is 0.432. The minimum Gasteiger partial charge on any atom is -0.495 e. The summed E-state index contributed by atoms with van der Waals surface area (Å²) in [5.41, 5.74) is 1.76. The predicted octanol–water partition coefficient (Wildman–Crippen LogP) is 3.31. The van der Waals surface area contributed by atoms with E-state index in [1.807, 2.05) is 18.2 Å². The molecule has 156 valence electrons. The van der Waals surface area contributed by atoms with Gasteiger partial charge in [0.05, 0.1) is 13.7 Å². The minimum absolute atomic E-state index is 0.0346. The fraction of sp³-hybridized carbons (Fsp3) is 0.381. The molecule has 0 aromatic heterocycles. The molecule has 3 rings (SSSR count). The first-order chi connectivity index (χ1) is 13.9. The first-order valence-corrected chi connectivity index (χ1v) is 11.0. The Morgan fingerprint density at radius 3 is 2.55 bits per heavy atom. The lowest BCUT2D eigenvalue weighted by Gasteiger charge is -2.16. The third-order valence-electron chi connectivity index (χ3n) is 4.89. The molecular formula is C21H26N2O5S. The van der Waals surface area contributed by atoms with Crippen molar-refractivity contribution in [2.45, 2.75) is 43.2 Å². The number of methoxy groups -OCH3 is 2. The molecule has 1 saturated carbocycles. The highest BCUT2D eigenvalue weighted by molar-refractivity contribution is 7.89. The van der Waals surface area contributed by atoms with Crippen LogP contribution in [0.15, 0.2) is 47.4 Å². The average molecular weight is 419 g/mol. The molecule has 1 aliphatic rings. The van der Waals surface area contributed by atoms with E-state index in [0.29, 0.717) is 12.3 Å². The zero-order chi connectivity index (χ0) is 20.9. The summed E-state index contributed by atoms with van der Waals surface area (Å²) in [6.07, 6.45) is 3.66. The largest absolute Gasteiger partial charge is 0.495 e. The summed E-state index contributed by atoms with van der Waals surface area (Å²) in [4.78, 5) is 12.7. The standard InChI is InChI=1S/C21H26N2O5S/c1-27-14-15-6-5-9-18(12-15)22-21(24)16-10-11-19(28-2)20(13-16)29(25,26)23-17-7-3-4-8-17/h5-6,9-13,17,23H,3-4,7-8,14H2,1-2H3,(H,22,24). The van der Waals surface area contributed by atoms with E-state index >= 15 is 0 Å². The topological polar surface area (TPSA) is 93.7 Å². The van der Waals surface area contributed by atoms with Crippen LogP contribution >= 0.6 is 0 Å². The van der Waals surface area contributed by atoms with Gasteiger partial charge >= 0.3 is 0 Å². The molecule has 2 aromatic rings. The number of ether oxygens (including phenoxy) is 2. The summed E-state index contributed by atoms with van der Waals surface area (Å²) in [6, 6.07) is 11.6. The van der Waals surface area contributed by atoms with Gasteiger partial charge in [0, 0.05) is 24.4 Å². The minimum atomic E-state index is -3.80. The summed E-state index contributed by atoms with van der Waals surface area (Å²) < 4.78 is 38.8. The van der Waals surface area contributed by atoms with Crippen LogP contribution < -0.4 is 14.8 Å². The van der Waals surface area contributed by atoms with Crippen LogP contribution in [-0.4, -0.2) is 34.6 Å². The van der Waals surface area contributed by atoms with E-state index in [-0.39, 0.29) is 22.3 Å². The second kappa shape index (κ2) is 9.39. The third kappa shape index (κ3) is 5.35. The molecule has 7 nitrogen and oxygen atoms in total. The van der Waals surface area contributed by atoms with Crippen molar-refractivity contribution in [1.82, 2.24) is 4.72 Å². The fourth-order valence-electron chi connectivity index (χ4n) is 3.46. The van der Waals surface area contributed by atoms with Crippen molar-refractivity contribution in [3.8, 4) is 5.75 Å². The Morgan fingerprint density at radius 2 is 1.86 bits per heavy atom. The Morgan fingerprint density at radius 1 is 1.10 bits per heavy atom. The van der Waals surface area contributed by atoms with Crippen molar-refractivity contribution in [3.05, 3.63) is 53.6 Å². The van der Waals surface area contributed by atoms with E-state index < -0.39 is 15.9 Å². The Hall–Kier alpha value is -2.42. The van der Waals surface area contributed by atoms with Crippen LogP contribution in [0.2, 0.25) is 0 Å². The van der Waals surface area contributed by atoms with Crippen LogP contribution in [0.4, 0.5) is 5.69 Å². The van der Waals surface area contributed by atoms with Gasteiger partial charge in [-0.3, -0.25) is 4.79 Å². The number of anilines is 1. The first kappa shape index (κ1) is 21.3. The number of carbonyl (C=O) groups excluding carboxylic acids is 1. The molecule has 0 aliphatic heterocycles. The van der Waals surface area contributed by atoms with Crippen LogP contribution in [0.1, 0.15) is 41.6 Å². The van der Waals surface area contributed by atoms with E-state index in [1.54, 1.807) is 19.2 Å². The molecule has 8 heteroatoms. The Labute approximate surface area is 171 Å². The lowest BCUT2D eigenvalue weighted by molar-refractivity contribution is 0.102. The first-order valence-electron chi connectivity index (χ1n) is 9.52. The van der Waals surface area contributed by atoms with Gasteiger partial charge in [0.1, 0.15) is 10.6 Å². The molecule has 0 atom stereocenters. The van der Waals surface area contributed by atoms with Crippen molar-refractivity contribution in [1.29, 1.82) is 0 Å². The molecule has 0 bridgehead atoms. The van der Waals surface area contributed by atoms with E-state index in [9.17, 15) is 13.2 Å². The zero-order valence-corrected chi connectivity index (χ0v) is 17.4. The summed E-state index contributed by atoms with van der Waals surface area (Å²) >= 11 is 0. The Kier molecular flexibility index (Phi) is 6.89. The lowest BCUT2D eigenvalue weighted by atomic mass is 10.1. The second-order valence-electron chi connectivity index (χ2n) is 7.06. The normalized spacial score (nSPS) is 14.7. The molecule has 29 heavy (non-hydrogen) atoms. The molecule has 0 spiro atoms. The zero-order valence-electron chi connectivity index (χ0n) is 16.6. The maximum atomic E-state index is 12.9. The molecular weight excluding hydrogens is 392 g/mol. The van der Waals surface area contributed by atoms with E-state index in [4.69, 9.17) is 9.47 Å². The van der Waals surface area contributed by atoms with Crippen LogP contribution in [0.3, 0.4) is 0 Å². The molecule has 0 saturated heterocycles. The van der Waals surface area contributed by atoms with Crippen molar-refractivity contribution < 1.29 is 22.7 Å². The number of carbonyl (C=O) groups is 1. The second-order valence-corrected chi connectivity index (χ2v) is 8.74. The van der Waals surface area contributed by atoms with Gasteiger partial charge in [-0.05, 0) is 48.7 Å². The molecule has 1 fully saturated rings. The predicted molar refractivity (Wildman–Crippen MR) is 111 cm³/mol. The maximum Gasteiger partial charge on any atom is 0.255 e. The van der Waals surface area contributed by atoms with Gasteiger partial charge in [-0.15, -0.1) is 0 Å². The molecule has 1 aliphatic carbocycles. The average Bonchev–Trinajstić information content (AvgIpc) is 3.20. The lowest BCUT2D eigenvalue weighted by Crippen LogP contribution is -2.33.